The molecule has 3 atom stereocenters. The molecule has 0 spiro atoms. The van der Waals surface area contributed by atoms with Crippen LogP contribution in [0.2, 0.25) is 0 Å². The van der Waals surface area contributed by atoms with Crippen molar-refractivity contribution in [3.05, 3.63) is 23.4 Å². The molecule has 1 N–H and O–H groups in total. The highest BCUT2D eigenvalue weighted by Crippen LogP contribution is 2.29. The Morgan fingerprint density at radius 1 is 1.22 bits per heavy atom. The number of aromatic nitrogens is 1. The Balaban J connectivity index is 1.59. The minimum Gasteiger partial charge on any atom is -0.472 e. The summed E-state index contributed by atoms with van der Waals surface area (Å²) in [6.45, 7) is 4.59. The number of carbonyl (C=O) groups is 2. The Kier molecular flexibility index (Phi) is 8.90. The van der Waals surface area contributed by atoms with Crippen LogP contribution in [-0.4, -0.2) is 70.6 Å². The molecule has 3 aliphatic rings. The van der Waals surface area contributed by atoms with Crippen molar-refractivity contribution in [2.45, 2.75) is 83.8 Å². The van der Waals surface area contributed by atoms with Gasteiger partial charge in [0.25, 0.3) is 5.91 Å². The standard InChI is InChI=1S/C29H41N3O4/c1-20-17-32(21(2)19-33)29(35)25-15-23(14-13-22-9-7-8-10-22)16-30-27(25)36-26(20)18-31(3)28(34)24-11-5-4-6-12-24/h15-16,20-22,24,26,33H,4-12,17-19H2,1-3H3/t20-,21+,26+/m1/s1. The number of ether oxygens (including phenoxy) is 1. The number of carbonyl (C=O) groups excluding carboxylic acids is 2. The maximum atomic E-state index is 13.6. The van der Waals surface area contributed by atoms with Gasteiger partial charge in [-0.1, -0.05) is 50.9 Å². The summed E-state index contributed by atoms with van der Waals surface area (Å²) in [5, 5.41) is 9.87. The molecule has 196 valence electrons. The van der Waals surface area contributed by atoms with E-state index in [1.165, 1.54) is 19.3 Å². The van der Waals surface area contributed by atoms with E-state index in [1.807, 2.05) is 20.9 Å². The van der Waals surface area contributed by atoms with Gasteiger partial charge in [-0.3, -0.25) is 9.59 Å². The van der Waals surface area contributed by atoms with Crippen LogP contribution < -0.4 is 4.74 Å². The average molecular weight is 496 g/mol. The Bertz CT molecular complexity index is 988. The van der Waals surface area contributed by atoms with E-state index in [0.717, 1.165) is 38.5 Å². The summed E-state index contributed by atoms with van der Waals surface area (Å²) in [4.78, 5) is 34.7. The molecule has 7 heteroatoms. The van der Waals surface area contributed by atoms with Crippen molar-refractivity contribution in [2.24, 2.45) is 17.8 Å². The Labute approximate surface area is 215 Å². The van der Waals surface area contributed by atoms with Gasteiger partial charge in [0.05, 0.1) is 19.2 Å². The molecule has 0 saturated heterocycles. The van der Waals surface area contributed by atoms with Crippen LogP contribution in [0.3, 0.4) is 0 Å². The van der Waals surface area contributed by atoms with Gasteiger partial charge in [0, 0.05) is 43.1 Å². The number of rotatable bonds is 5. The minimum absolute atomic E-state index is 0.0543. The van der Waals surface area contributed by atoms with Crippen LogP contribution in [0.5, 0.6) is 5.88 Å². The Morgan fingerprint density at radius 2 is 1.92 bits per heavy atom. The molecule has 0 radical (unpaired) electrons. The maximum Gasteiger partial charge on any atom is 0.259 e. The van der Waals surface area contributed by atoms with Gasteiger partial charge in [0.2, 0.25) is 11.8 Å². The fourth-order valence-corrected chi connectivity index (χ4v) is 5.67. The van der Waals surface area contributed by atoms with Crippen LogP contribution >= 0.6 is 0 Å². The molecule has 2 saturated carbocycles. The van der Waals surface area contributed by atoms with Crippen molar-refractivity contribution in [1.29, 1.82) is 0 Å². The zero-order valence-electron chi connectivity index (χ0n) is 22.0. The van der Waals surface area contributed by atoms with Crippen LogP contribution in [0, 0.1) is 29.6 Å². The van der Waals surface area contributed by atoms with E-state index in [-0.39, 0.29) is 48.3 Å². The summed E-state index contributed by atoms with van der Waals surface area (Å²) >= 11 is 0. The summed E-state index contributed by atoms with van der Waals surface area (Å²) in [6.07, 6.45) is 11.4. The average Bonchev–Trinajstić information content (AvgIpc) is 3.43. The van der Waals surface area contributed by atoms with Crippen molar-refractivity contribution in [3.63, 3.8) is 0 Å². The molecule has 1 aromatic rings. The van der Waals surface area contributed by atoms with E-state index in [4.69, 9.17) is 4.74 Å². The van der Waals surface area contributed by atoms with E-state index >= 15 is 0 Å². The van der Waals surface area contributed by atoms with Gasteiger partial charge in [-0.15, -0.1) is 0 Å². The van der Waals surface area contributed by atoms with Gasteiger partial charge in [-0.25, -0.2) is 4.98 Å². The molecule has 2 amide bonds. The second-order valence-corrected chi connectivity index (χ2v) is 11.0. The number of likely N-dealkylation sites (N-methyl/N-ethyl adjacent to an activating group) is 1. The van der Waals surface area contributed by atoms with Crippen molar-refractivity contribution >= 4 is 11.8 Å². The van der Waals surface area contributed by atoms with Gasteiger partial charge in [-0.05, 0) is 38.7 Å². The number of aliphatic hydroxyl groups is 1. The van der Waals surface area contributed by atoms with Crippen molar-refractivity contribution in [2.75, 3.05) is 26.7 Å². The number of pyridine rings is 1. The third-order valence-electron chi connectivity index (χ3n) is 8.08. The fraction of sp³-hybridized carbons (Fsp3) is 0.690. The number of nitrogens with zero attached hydrogens (tertiary/aromatic N) is 3. The first-order valence-corrected chi connectivity index (χ1v) is 13.7. The predicted molar refractivity (Wildman–Crippen MR) is 138 cm³/mol. The summed E-state index contributed by atoms with van der Waals surface area (Å²) in [5.41, 5.74) is 1.07. The molecular weight excluding hydrogens is 454 g/mol. The SMILES string of the molecule is C[C@@H]1CN([C@@H](C)CO)C(=O)c2cc(C#CC3CCCC3)cnc2O[C@H]1CN(C)C(=O)C1CCCCC1. The summed E-state index contributed by atoms with van der Waals surface area (Å²) in [5.74, 6) is 7.24. The van der Waals surface area contributed by atoms with E-state index in [1.54, 1.807) is 22.1 Å². The molecule has 1 aliphatic heterocycles. The van der Waals surface area contributed by atoms with Gasteiger partial charge in [-0.2, -0.15) is 0 Å². The molecule has 0 aromatic carbocycles. The summed E-state index contributed by atoms with van der Waals surface area (Å²) in [6, 6.07) is 1.43. The molecular formula is C29H41N3O4. The molecule has 2 fully saturated rings. The van der Waals surface area contributed by atoms with Crippen molar-refractivity contribution < 1.29 is 19.4 Å². The number of aliphatic hydroxyl groups excluding tert-OH is 1. The molecule has 0 unspecified atom stereocenters. The number of amides is 2. The molecule has 36 heavy (non-hydrogen) atoms. The van der Waals surface area contributed by atoms with Crippen LogP contribution in [0.25, 0.3) is 0 Å². The molecule has 7 nitrogen and oxygen atoms in total. The monoisotopic (exact) mass is 495 g/mol. The Morgan fingerprint density at radius 3 is 2.61 bits per heavy atom. The second kappa shape index (κ2) is 12.1. The van der Waals surface area contributed by atoms with Crippen molar-refractivity contribution in [3.8, 4) is 17.7 Å². The van der Waals surface area contributed by atoms with E-state index in [2.05, 4.69) is 16.8 Å². The predicted octanol–water partition coefficient (Wildman–Crippen LogP) is 3.88. The highest BCUT2D eigenvalue weighted by Gasteiger charge is 2.35. The van der Waals surface area contributed by atoms with Gasteiger partial charge >= 0.3 is 0 Å². The molecule has 4 rings (SSSR count). The largest absolute Gasteiger partial charge is 0.472 e. The van der Waals surface area contributed by atoms with Crippen LogP contribution in [0.4, 0.5) is 0 Å². The molecule has 2 aliphatic carbocycles. The maximum absolute atomic E-state index is 13.6. The van der Waals surface area contributed by atoms with Crippen LogP contribution in [-0.2, 0) is 4.79 Å². The molecule has 1 aromatic heterocycles. The van der Waals surface area contributed by atoms with E-state index in [9.17, 15) is 14.7 Å². The lowest BCUT2D eigenvalue weighted by atomic mass is 9.88. The second-order valence-electron chi connectivity index (χ2n) is 11.0. The normalized spacial score (nSPS) is 24.1. The van der Waals surface area contributed by atoms with Gasteiger partial charge in [0.1, 0.15) is 11.7 Å². The number of hydrogen-bond donors (Lipinski definition) is 1. The first kappa shape index (κ1) is 26.5. The lowest BCUT2D eigenvalue weighted by Gasteiger charge is -2.38. The van der Waals surface area contributed by atoms with Gasteiger partial charge < -0.3 is 19.6 Å². The van der Waals surface area contributed by atoms with Crippen LogP contribution in [0.15, 0.2) is 12.3 Å². The summed E-state index contributed by atoms with van der Waals surface area (Å²) in [7, 11) is 1.85. The van der Waals surface area contributed by atoms with Crippen LogP contribution in [0.1, 0.15) is 87.6 Å². The van der Waals surface area contributed by atoms with Gasteiger partial charge in [0.15, 0.2) is 0 Å². The highest BCUT2D eigenvalue weighted by atomic mass is 16.5. The Hall–Kier alpha value is -2.59. The number of hydrogen-bond acceptors (Lipinski definition) is 5. The third-order valence-corrected chi connectivity index (χ3v) is 8.08. The first-order valence-electron chi connectivity index (χ1n) is 13.7. The highest BCUT2D eigenvalue weighted by molar-refractivity contribution is 5.97. The smallest absolute Gasteiger partial charge is 0.259 e. The van der Waals surface area contributed by atoms with E-state index < -0.39 is 0 Å². The lowest BCUT2D eigenvalue weighted by molar-refractivity contribution is -0.136. The zero-order valence-corrected chi connectivity index (χ0v) is 22.0. The molecule has 0 bridgehead atoms. The third kappa shape index (κ3) is 6.21. The summed E-state index contributed by atoms with van der Waals surface area (Å²) < 4.78 is 6.36. The lowest BCUT2D eigenvalue weighted by Crippen LogP contribution is -2.51. The quantitative estimate of drug-likeness (QED) is 0.627. The van der Waals surface area contributed by atoms with E-state index in [0.29, 0.717) is 30.1 Å². The minimum atomic E-state index is -0.346. The van der Waals surface area contributed by atoms with Crippen molar-refractivity contribution in [1.82, 2.24) is 14.8 Å². The first-order chi connectivity index (χ1) is 17.4. The fourth-order valence-electron chi connectivity index (χ4n) is 5.67. The topological polar surface area (TPSA) is 83.0 Å². The molecule has 2 heterocycles. The zero-order chi connectivity index (χ0) is 25.7. The number of fused-ring (bicyclic) bond motifs is 1.